The van der Waals surface area contributed by atoms with Gasteiger partial charge >= 0.3 is 0 Å². The van der Waals surface area contributed by atoms with Gasteiger partial charge in [0.05, 0.1) is 5.69 Å². The maximum atomic E-state index is 11.5. The van der Waals surface area contributed by atoms with Gasteiger partial charge < -0.3 is 5.32 Å². The van der Waals surface area contributed by atoms with E-state index in [4.69, 9.17) is 0 Å². The molecule has 0 spiro atoms. The average molecular weight is 214 g/mol. The first-order valence-corrected chi connectivity index (χ1v) is 5.86. The van der Waals surface area contributed by atoms with Gasteiger partial charge in [0.15, 0.2) is 0 Å². The van der Waals surface area contributed by atoms with Crippen molar-refractivity contribution in [1.82, 2.24) is 4.72 Å². The Morgan fingerprint density at radius 1 is 1.29 bits per heavy atom. The van der Waals surface area contributed by atoms with Gasteiger partial charge in [-0.25, -0.2) is 13.1 Å². The molecule has 0 amide bonds. The van der Waals surface area contributed by atoms with E-state index >= 15 is 0 Å². The number of benzene rings is 1. The Bertz CT molecular complexity index is 401. The molecule has 5 heteroatoms. The van der Waals surface area contributed by atoms with Crippen LogP contribution in [0.15, 0.2) is 29.2 Å². The maximum Gasteiger partial charge on any atom is 0.242 e. The van der Waals surface area contributed by atoms with E-state index in [2.05, 4.69) is 10.0 Å². The number of sulfonamides is 1. The van der Waals surface area contributed by atoms with Gasteiger partial charge in [-0.05, 0) is 26.1 Å². The summed E-state index contributed by atoms with van der Waals surface area (Å²) < 4.78 is 25.4. The molecule has 1 rings (SSSR count). The zero-order valence-electron chi connectivity index (χ0n) is 8.24. The van der Waals surface area contributed by atoms with E-state index in [9.17, 15) is 8.42 Å². The van der Waals surface area contributed by atoms with Crippen molar-refractivity contribution in [3.05, 3.63) is 24.3 Å². The highest BCUT2D eigenvalue weighted by Crippen LogP contribution is 2.19. The molecule has 0 heterocycles. The van der Waals surface area contributed by atoms with Crippen LogP contribution in [0, 0.1) is 0 Å². The molecule has 0 saturated carbocycles. The van der Waals surface area contributed by atoms with Crippen LogP contribution < -0.4 is 10.0 Å². The summed E-state index contributed by atoms with van der Waals surface area (Å²) >= 11 is 0. The highest BCUT2D eigenvalue weighted by Gasteiger charge is 2.14. The number of nitrogens with one attached hydrogen (secondary N) is 2. The molecule has 0 aliphatic heterocycles. The van der Waals surface area contributed by atoms with Gasteiger partial charge in [0.2, 0.25) is 10.0 Å². The van der Waals surface area contributed by atoms with E-state index in [1.165, 1.54) is 7.05 Å². The van der Waals surface area contributed by atoms with Crippen LogP contribution in [0.25, 0.3) is 0 Å². The highest BCUT2D eigenvalue weighted by atomic mass is 32.2. The van der Waals surface area contributed by atoms with E-state index in [0.717, 1.165) is 0 Å². The molecular weight excluding hydrogens is 200 g/mol. The van der Waals surface area contributed by atoms with Crippen LogP contribution >= 0.6 is 0 Å². The molecule has 4 nitrogen and oxygen atoms in total. The summed E-state index contributed by atoms with van der Waals surface area (Å²) in [6.45, 7) is 2.61. The predicted molar refractivity (Wildman–Crippen MR) is 56.9 cm³/mol. The summed E-state index contributed by atoms with van der Waals surface area (Å²) in [7, 11) is -1.96. The lowest BCUT2D eigenvalue weighted by molar-refractivity contribution is 0.588. The van der Waals surface area contributed by atoms with Crippen molar-refractivity contribution in [1.29, 1.82) is 0 Å². The Hall–Kier alpha value is -1.07. The standard InChI is InChI=1S/C9H14N2O2S/c1-3-11-8-6-4-5-7-9(8)14(12,13)10-2/h4-7,10-11H,3H2,1-2H3. The third-order valence-corrected chi connectivity index (χ3v) is 3.29. The monoisotopic (exact) mass is 214 g/mol. The molecule has 1 aromatic rings. The van der Waals surface area contributed by atoms with Crippen molar-refractivity contribution in [2.24, 2.45) is 0 Å². The lowest BCUT2D eigenvalue weighted by Crippen LogP contribution is -2.20. The summed E-state index contributed by atoms with van der Waals surface area (Å²) in [6.07, 6.45) is 0. The van der Waals surface area contributed by atoms with Crippen molar-refractivity contribution < 1.29 is 8.42 Å². The Labute approximate surface area is 84.4 Å². The van der Waals surface area contributed by atoms with Crippen molar-refractivity contribution >= 4 is 15.7 Å². The molecular formula is C9H14N2O2S. The molecule has 0 fully saturated rings. The first kappa shape index (κ1) is 11.0. The molecule has 0 radical (unpaired) electrons. The number of hydrogen-bond acceptors (Lipinski definition) is 3. The van der Waals surface area contributed by atoms with Crippen LogP contribution in [0.2, 0.25) is 0 Å². The van der Waals surface area contributed by atoms with Gasteiger partial charge in [0, 0.05) is 6.54 Å². The summed E-state index contributed by atoms with van der Waals surface area (Å²) in [6, 6.07) is 6.81. The SMILES string of the molecule is CCNc1ccccc1S(=O)(=O)NC. The second-order valence-corrected chi connectivity index (χ2v) is 4.59. The van der Waals surface area contributed by atoms with E-state index in [1.54, 1.807) is 24.3 Å². The van der Waals surface area contributed by atoms with E-state index in [1.807, 2.05) is 6.92 Å². The van der Waals surface area contributed by atoms with E-state index < -0.39 is 10.0 Å². The van der Waals surface area contributed by atoms with E-state index in [-0.39, 0.29) is 4.90 Å². The van der Waals surface area contributed by atoms with E-state index in [0.29, 0.717) is 12.2 Å². The number of hydrogen-bond donors (Lipinski definition) is 2. The Morgan fingerprint density at radius 3 is 2.50 bits per heavy atom. The lowest BCUT2D eigenvalue weighted by atomic mass is 10.3. The fourth-order valence-electron chi connectivity index (χ4n) is 1.15. The fourth-order valence-corrected chi connectivity index (χ4v) is 2.05. The maximum absolute atomic E-state index is 11.5. The normalized spacial score (nSPS) is 11.3. The van der Waals surface area contributed by atoms with Crippen molar-refractivity contribution in [2.75, 3.05) is 18.9 Å². The molecule has 0 aliphatic carbocycles. The van der Waals surface area contributed by atoms with Gasteiger partial charge in [-0.2, -0.15) is 0 Å². The first-order chi connectivity index (χ1) is 6.61. The van der Waals surface area contributed by atoms with Crippen LogP contribution in [-0.4, -0.2) is 22.0 Å². The Morgan fingerprint density at radius 2 is 1.93 bits per heavy atom. The minimum absolute atomic E-state index is 0.282. The zero-order valence-corrected chi connectivity index (χ0v) is 9.06. The summed E-state index contributed by atoms with van der Waals surface area (Å²) in [4.78, 5) is 0.282. The highest BCUT2D eigenvalue weighted by molar-refractivity contribution is 7.89. The number of rotatable bonds is 4. The zero-order chi connectivity index (χ0) is 10.6. The van der Waals surface area contributed by atoms with Crippen molar-refractivity contribution in [3.8, 4) is 0 Å². The molecule has 0 saturated heterocycles. The molecule has 0 unspecified atom stereocenters. The quantitative estimate of drug-likeness (QED) is 0.787. The molecule has 2 N–H and O–H groups in total. The van der Waals surface area contributed by atoms with Gasteiger partial charge in [-0.15, -0.1) is 0 Å². The van der Waals surface area contributed by atoms with Crippen molar-refractivity contribution in [3.63, 3.8) is 0 Å². The van der Waals surface area contributed by atoms with Crippen LogP contribution in [0.5, 0.6) is 0 Å². The minimum atomic E-state index is -3.36. The van der Waals surface area contributed by atoms with Crippen LogP contribution in [0.3, 0.4) is 0 Å². The van der Waals surface area contributed by atoms with Crippen LogP contribution in [-0.2, 0) is 10.0 Å². The Balaban J connectivity index is 3.20. The average Bonchev–Trinajstić information content (AvgIpc) is 2.19. The molecule has 0 aromatic heterocycles. The first-order valence-electron chi connectivity index (χ1n) is 4.38. The topological polar surface area (TPSA) is 58.2 Å². The van der Waals surface area contributed by atoms with Gasteiger partial charge in [0.1, 0.15) is 4.90 Å². The van der Waals surface area contributed by atoms with Gasteiger partial charge in [0.25, 0.3) is 0 Å². The van der Waals surface area contributed by atoms with Gasteiger partial charge in [-0.1, -0.05) is 12.1 Å². The summed E-state index contributed by atoms with van der Waals surface area (Å²) in [5.74, 6) is 0. The molecule has 0 aliphatic rings. The van der Waals surface area contributed by atoms with Crippen LogP contribution in [0.4, 0.5) is 5.69 Å². The third-order valence-electron chi connectivity index (χ3n) is 1.81. The smallest absolute Gasteiger partial charge is 0.242 e. The second kappa shape index (κ2) is 4.43. The third kappa shape index (κ3) is 2.24. The Kier molecular flexibility index (Phi) is 3.49. The predicted octanol–water partition coefficient (Wildman–Crippen LogP) is 1.03. The largest absolute Gasteiger partial charge is 0.384 e. The summed E-state index contributed by atoms with van der Waals surface area (Å²) in [5.41, 5.74) is 0.629. The number of anilines is 1. The van der Waals surface area contributed by atoms with Crippen molar-refractivity contribution in [2.45, 2.75) is 11.8 Å². The molecule has 1 aromatic carbocycles. The molecule has 0 bridgehead atoms. The molecule has 14 heavy (non-hydrogen) atoms. The molecule has 78 valence electrons. The molecule has 0 atom stereocenters. The lowest BCUT2D eigenvalue weighted by Gasteiger charge is -2.09. The fraction of sp³-hybridized carbons (Fsp3) is 0.333. The summed E-state index contributed by atoms with van der Waals surface area (Å²) in [5, 5.41) is 3.00. The minimum Gasteiger partial charge on any atom is -0.384 e. The number of para-hydroxylation sites is 1. The van der Waals surface area contributed by atoms with Crippen LogP contribution in [0.1, 0.15) is 6.92 Å². The van der Waals surface area contributed by atoms with Gasteiger partial charge in [-0.3, -0.25) is 0 Å². The second-order valence-electron chi connectivity index (χ2n) is 2.73.